The molecular formula is C23H33N4O4+. The zero-order valence-electron chi connectivity index (χ0n) is 18.5. The van der Waals surface area contributed by atoms with Crippen molar-refractivity contribution in [2.75, 3.05) is 51.3 Å². The quantitative estimate of drug-likeness (QED) is 0.536. The first-order valence-corrected chi connectivity index (χ1v) is 10.8. The molecule has 8 nitrogen and oxygen atoms in total. The minimum absolute atomic E-state index is 0.0464. The van der Waals surface area contributed by atoms with Gasteiger partial charge in [-0.3, -0.25) is 9.59 Å². The van der Waals surface area contributed by atoms with E-state index in [1.165, 1.54) is 10.6 Å². The highest BCUT2D eigenvalue weighted by Gasteiger charge is 2.31. The molecule has 31 heavy (non-hydrogen) atoms. The second-order valence-electron chi connectivity index (χ2n) is 8.23. The Morgan fingerprint density at radius 3 is 2.26 bits per heavy atom. The van der Waals surface area contributed by atoms with Gasteiger partial charge < -0.3 is 29.6 Å². The largest absolute Gasteiger partial charge is 0.497 e. The van der Waals surface area contributed by atoms with E-state index in [9.17, 15) is 9.59 Å². The Kier molecular flexibility index (Phi) is 7.94. The number of piperazine rings is 1. The average molecular weight is 430 g/mol. The van der Waals surface area contributed by atoms with E-state index in [0.717, 1.165) is 37.7 Å². The van der Waals surface area contributed by atoms with Crippen LogP contribution in [0.15, 0.2) is 47.1 Å². The molecular weight excluding hydrogens is 396 g/mol. The lowest BCUT2D eigenvalue weighted by Gasteiger charge is -2.37. The van der Waals surface area contributed by atoms with Gasteiger partial charge in [0, 0.05) is 12.2 Å². The topological polar surface area (TPSA) is 88.2 Å². The number of furan rings is 1. The standard InChI is InChI=1S/C23H32N4O4/c1-17(2)15-24-22(28)23(29)25-16-20(21-5-4-14-31-21)27-12-10-26(11-13-27)18-6-8-19(30-3)9-7-18/h4-9,14,17,20H,10-13,15-16H2,1-3H3,(H,24,28)(H,25,29)/p+1/t20-/m1/s1. The van der Waals surface area contributed by atoms with E-state index < -0.39 is 11.8 Å². The number of hydrogen-bond acceptors (Lipinski definition) is 5. The Bertz CT molecular complexity index is 828. The number of quaternary nitrogens is 1. The highest BCUT2D eigenvalue weighted by atomic mass is 16.5. The molecule has 0 saturated carbocycles. The fourth-order valence-electron chi connectivity index (χ4n) is 3.78. The summed E-state index contributed by atoms with van der Waals surface area (Å²) in [6, 6.07) is 11.8. The van der Waals surface area contributed by atoms with E-state index in [1.807, 2.05) is 38.1 Å². The zero-order chi connectivity index (χ0) is 22.2. The molecule has 1 aromatic carbocycles. The van der Waals surface area contributed by atoms with Gasteiger partial charge in [-0.25, -0.2) is 0 Å². The molecule has 3 rings (SSSR count). The maximum absolute atomic E-state index is 12.2. The van der Waals surface area contributed by atoms with Crippen molar-refractivity contribution in [1.82, 2.24) is 10.6 Å². The van der Waals surface area contributed by atoms with E-state index in [-0.39, 0.29) is 6.04 Å². The van der Waals surface area contributed by atoms with Crippen LogP contribution < -0.4 is 25.2 Å². The molecule has 0 radical (unpaired) electrons. The Labute approximate surface area is 183 Å². The van der Waals surface area contributed by atoms with E-state index in [4.69, 9.17) is 9.15 Å². The molecule has 1 aromatic heterocycles. The molecule has 168 valence electrons. The predicted octanol–water partition coefficient (Wildman–Crippen LogP) is 0.623. The molecule has 3 N–H and O–H groups in total. The van der Waals surface area contributed by atoms with E-state index in [2.05, 4.69) is 27.7 Å². The van der Waals surface area contributed by atoms with Crippen LogP contribution >= 0.6 is 0 Å². The maximum atomic E-state index is 12.2. The van der Waals surface area contributed by atoms with Crippen LogP contribution in [0.4, 0.5) is 5.69 Å². The molecule has 2 amide bonds. The van der Waals surface area contributed by atoms with Crippen molar-refractivity contribution >= 4 is 17.5 Å². The Hall–Kier alpha value is -3.00. The number of amides is 2. The predicted molar refractivity (Wildman–Crippen MR) is 118 cm³/mol. The number of nitrogens with one attached hydrogen (secondary N) is 3. The number of anilines is 1. The number of nitrogens with zero attached hydrogens (tertiary/aromatic N) is 1. The Balaban J connectivity index is 1.57. The minimum atomic E-state index is -0.603. The fraction of sp³-hybridized carbons (Fsp3) is 0.478. The van der Waals surface area contributed by atoms with Crippen molar-refractivity contribution in [3.05, 3.63) is 48.4 Å². The lowest BCUT2D eigenvalue weighted by Crippen LogP contribution is -3.15. The van der Waals surface area contributed by atoms with Crippen molar-refractivity contribution in [2.24, 2.45) is 5.92 Å². The molecule has 2 heterocycles. The second kappa shape index (κ2) is 10.9. The Morgan fingerprint density at radius 2 is 1.71 bits per heavy atom. The summed E-state index contributed by atoms with van der Waals surface area (Å²) >= 11 is 0. The van der Waals surface area contributed by atoms with Crippen molar-refractivity contribution in [2.45, 2.75) is 19.9 Å². The van der Waals surface area contributed by atoms with Gasteiger partial charge in [-0.1, -0.05) is 13.8 Å². The van der Waals surface area contributed by atoms with Crippen LogP contribution in [0.5, 0.6) is 5.75 Å². The molecule has 1 aliphatic rings. The molecule has 1 atom stereocenters. The third-order valence-corrected chi connectivity index (χ3v) is 5.57. The highest BCUT2D eigenvalue weighted by molar-refractivity contribution is 6.35. The summed E-state index contributed by atoms with van der Waals surface area (Å²) in [7, 11) is 1.67. The van der Waals surface area contributed by atoms with Crippen LogP contribution in [0.25, 0.3) is 0 Å². The summed E-state index contributed by atoms with van der Waals surface area (Å²) in [5.74, 6) is 0.758. The average Bonchev–Trinajstić information content (AvgIpc) is 3.32. The van der Waals surface area contributed by atoms with Gasteiger partial charge in [-0.2, -0.15) is 0 Å². The number of ether oxygens (including phenoxy) is 1. The number of methoxy groups -OCH3 is 1. The molecule has 1 aliphatic heterocycles. The molecule has 1 fully saturated rings. The van der Waals surface area contributed by atoms with E-state index in [0.29, 0.717) is 19.0 Å². The van der Waals surface area contributed by atoms with Gasteiger partial charge in [0.05, 0.1) is 46.1 Å². The summed E-state index contributed by atoms with van der Waals surface area (Å²) in [6.07, 6.45) is 1.65. The van der Waals surface area contributed by atoms with Crippen LogP contribution in [0.1, 0.15) is 25.6 Å². The third-order valence-electron chi connectivity index (χ3n) is 5.57. The summed E-state index contributed by atoms with van der Waals surface area (Å²) in [5, 5.41) is 5.44. The first kappa shape index (κ1) is 22.7. The van der Waals surface area contributed by atoms with Crippen molar-refractivity contribution in [3.8, 4) is 5.75 Å². The number of carbonyl (C=O) groups is 2. The molecule has 0 aliphatic carbocycles. The van der Waals surface area contributed by atoms with Crippen molar-refractivity contribution in [1.29, 1.82) is 0 Å². The third kappa shape index (κ3) is 6.24. The van der Waals surface area contributed by atoms with Gasteiger partial charge in [0.25, 0.3) is 0 Å². The van der Waals surface area contributed by atoms with Gasteiger partial charge in [-0.05, 0) is 42.3 Å². The SMILES string of the molecule is COc1ccc(N2CC[NH+]([C@H](CNC(=O)C(=O)NCC(C)C)c3ccco3)CC2)cc1. The van der Waals surface area contributed by atoms with E-state index >= 15 is 0 Å². The first-order valence-electron chi connectivity index (χ1n) is 10.8. The Morgan fingerprint density at radius 1 is 1.06 bits per heavy atom. The number of carbonyl (C=O) groups excluding carboxylic acids is 2. The van der Waals surface area contributed by atoms with Crippen LogP contribution in [-0.4, -0.2) is 58.2 Å². The number of benzene rings is 1. The monoisotopic (exact) mass is 429 g/mol. The molecule has 2 aromatic rings. The summed E-state index contributed by atoms with van der Waals surface area (Å²) in [4.78, 5) is 27.9. The van der Waals surface area contributed by atoms with E-state index in [1.54, 1.807) is 13.4 Å². The summed E-state index contributed by atoms with van der Waals surface area (Å²) < 4.78 is 10.9. The molecule has 0 bridgehead atoms. The smallest absolute Gasteiger partial charge is 0.309 e. The van der Waals surface area contributed by atoms with Gasteiger partial charge in [-0.15, -0.1) is 0 Å². The normalized spacial score (nSPS) is 15.5. The van der Waals surface area contributed by atoms with Crippen molar-refractivity contribution < 1.29 is 23.6 Å². The fourth-order valence-corrected chi connectivity index (χ4v) is 3.78. The summed E-state index contributed by atoms with van der Waals surface area (Å²) in [6.45, 7) is 8.37. The van der Waals surface area contributed by atoms with Gasteiger partial charge in [0.15, 0.2) is 11.8 Å². The first-order chi connectivity index (χ1) is 15.0. The lowest BCUT2D eigenvalue weighted by molar-refractivity contribution is -0.932. The van der Waals surface area contributed by atoms with Crippen molar-refractivity contribution in [3.63, 3.8) is 0 Å². The lowest BCUT2D eigenvalue weighted by atomic mass is 10.1. The molecule has 0 unspecified atom stereocenters. The van der Waals surface area contributed by atoms with Crippen LogP contribution in [0.3, 0.4) is 0 Å². The zero-order valence-corrected chi connectivity index (χ0v) is 18.5. The number of rotatable bonds is 8. The van der Waals surface area contributed by atoms with Crippen LogP contribution in [-0.2, 0) is 9.59 Å². The highest BCUT2D eigenvalue weighted by Crippen LogP contribution is 2.19. The minimum Gasteiger partial charge on any atom is -0.497 e. The number of hydrogen-bond donors (Lipinski definition) is 3. The second-order valence-corrected chi connectivity index (χ2v) is 8.23. The van der Waals surface area contributed by atoms with Gasteiger partial charge in [0.2, 0.25) is 0 Å². The maximum Gasteiger partial charge on any atom is 0.309 e. The molecule has 1 saturated heterocycles. The van der Waals surface area contributed by atoms with Gasteiger partial charge in [0.1, 0.15) is 5.75 Å². The van der Waals surface area contributed by atoms with Gasteiger partial charge >= 0.3 is 11.8 Å². The van der Waals surface area contributed by atoms with Crippen LogP contribution in [0, 0.1) is 5.92 Å². The summed E-state index contributed by atoms with van der Waals surface area (Å²) in [5.41, 5.74) is 1.17. The van der Waals surface area contributed by atoms with Crippen LogP contribution in [0.2, 0.25) is 0 Å². The molecule has 0 spiro atoms. The molecule has 8 heteroatoms.